The molecule has 0 bridgehead atoms. The monoisotopic (exact) mass is 558 g/mol. The summed E-state index contributed by atoms with van der Waals surface area (Å²) in [6.45, 7) is 0. The quantitative estimate of drug-likeness (QED) is 0.202. The summed E-state index contributed by atoms with van der Waals surface area (Å²) in [4.78, 5) is 9.60. The SMILES string of the molecule is c1ccc2cc(-c3cc4cc(-c5ccc(-c6cc7ccccc7cn6)cc5)ccc4c4c3cnc3ccccc34)ccc2c1. The molecule has 0 radical (unpaired) electrons. The van der Waals surface area contributed by atoms with Gasteiger partial charge in [-0.3, -0.25) is 9.97 Å². The molecule has 2 aromatic heterocycles. The van der Waals surface area contributed by atoms with E-state index in [1.807, 2.05) is 6.20 Å². The van der Waals surface area contributed by atoms with Gasteiger partial charge in [0.25, 0.3) is 0 Å². The van der Waals surface area contributed by atoms with E-state index in [1.54, 1.807) is 0 Å². The summed E-state index contributed by atoms with van der Waals surface area (Å²) in [5.74, 6) is 0. The Morgan fingerprint density at radius 1 is 0.341 bits per heavy atom. The van der Waals surface area contributed by atoms with E-state index >= 15 is 0 Å². The standard InChI is InChI=1S/C42H26N2/c1-2-8-30-21-33(18-15-27(30)7-1)38-23-35-22-32(19-20-36(35)42-37-11-5-6-12-40(37)44-26-39(38)42)28-13-16-29(17-14-28)41-24-31-9-3-4-10-34(31)25-43-41/h1-26H. The van der Waals surface area contributed by atoms with Gasteiger partial charge in [-0.15, -0.1) is 0 Å². The lowest BCUT2D eigenvalue weighted by Crippen LogP contribution is -1.90. The first-order valence-corrected chi connectivity index (χ1v) is 15.0. The second kappa shape index (κ2) is 9.86. The Labute approximate surface area is 254 Å². The predicted octanol–water partition coefficient (Wildman–Crippen LogP) is 11.2. The van der Waals surface area contributed by atoms with Gasteiger partial charge in [0.15, 0.2) is 0 Å². The topological polar surface area (TPSA) is 25.8 Å². The molecule has 2 heteroatoms. The molecule has 0 N–H and O–H groups in total. The van der Waals surface area contributed by atoms with Crippen molar-refractivity contribution >= 4 is 54.0 Å². The number of fused-ring (bicyclic) bond motifs is 7. The first kappa shape index (κ1) is 24.7. The Kier molecular flexibility index (Phi) is 5.54. The first-order chi connectivity index (χ1) is 21.8. The van der Waals surface area contributed by atoms with Crippen molar-refractivity contribution in [2.45, 2.75) is 0 Å². The fraction of sp³-hybridized carbons (Fsp3) is 0. The third-order valence-corrected chi connectivity index (χ3v) is 8.89. The molecule has 0 aliphatic carbocycles. The fourth-order valence-corrected chi connectivity index (χ4v) is 6.63. The third kappa shape index (κ3) is 4.04. The van der Waals surface area contributed by atoms with E-state index < -0.39 is 0 Å². The molecule has 0 atom stereocenters. The van der Waals surface area contributed by atoms with Crippen LogP contribution >= 0.6 is 0 Å². The summed E-state index contributed by atoms with van der Waals surface area (Å²) in [6.07, 6.45) is 4.01. The average Bonchev–Trinajstić information content (AvgIpc) is 3.10. The lowest BCUT2D eigenvalue weighted by atomic mass is 9.90. The van der Waals surface area contributed by atoms with Gasteiger partial charge >= 0.3 is 0 Å². The van der Waals surface area contributed by atoms with Crippen LogP contribution in [-0.2, 0) is 0 Å². The number of nitrogens with zero attached hydrogens (tertiary/aromatic N) is 2. The minimum atomic E-state index is 0.987. The highest BCUT2D eigenvalue weighted by molar-refractivity contribution is 6.23. The highest BCUT2D eigenvalue weighted by atomic mass is 14.7. The van der Waals surface area contributed by atoms with Crippen LogP contribution in [0.1, 0.15) is 0 Å². The van der Waals surface area contributed by atoms with Crippen molar-refractivity contribution in [2.24, 2.45) is 0 Å². The largest absolute Gasteiger partial charge is 0.256 e. The van der Waals surface area contributed by atoms with Crippen LogP contribution in [0.15, 0.2) is 158 Å². The summed E-state index contributed by atoms with van der Waals surface area (Å²) in [5, 5.41) is 10.9. The van der Waals surface area contributed by atoms with Gasteiger partial charge in [0.05, 0.1) is 11.2 Å². The zero-order chi connectivity index (χ0) is 29.0. The van der Waals surface area contributed by atoms with E-state index in [-0.39, 0.29) is 0 Å². The Morgan fingerprint density at radius 3 is 1.86 bits per heavy atom. The molecule has 0 unspecified atom stereocenters. The van der Waals surface area contributed by atoms with Gasteiger partial charge in [0, 0.05) is 39.5 Å². The zero-order valence-electron chi connectivity index (χ0n) is 23.9. The molecule has 0 fully saturated rings. The first-order valence-electron chi connectivity index (χ1n) is 15.0. The second-order valence-electron chi connectivity index (χ2n) is 11.5. The van der Waals surface area contributed by atoms with E-state index in [1.165, 1.54) is 65.3 Å². The third-order valence-electron chi connectivity index (χ3n) is 8.89. The van der Waals surface area contributed by atoms with Crippen LogP contribution < -0.4 is 0 Å². The zero-order valence-corrected chi connectivity index (χ0v) is 23.9. The average molecular weight is 559 g/mol. The van der Waals surface area contributed by atoms with Crippen LogP contribution in [0, 0.1) is 0 Å². The van der Waals surface area contributed by atoms with E-state index in [2.05, 4.69) is 152 Å². The predicted molar refractivity (Wildman–Crippen MR) is 186 cm³/mol. The summed E-state index contributed by atoms with van der Waals surface area (Å²) < 4.78 is 0. The molecule has 0 saturated carbocycles. The molecule has 44 heavy (non-hydrogen) atoms. The van der Waals surface area contributed by atoms with Gasteiger partial charge in [-0.1, -0.05) is 115 Å². The molecule has 9 aromatic rings. The second-order valence-corrected chi connectivity index (χ2v) is 11.5. The molecule has 0 saturated heterocycles. The number of hydrogen-bond donors (Lipinski definition) is 0. The lowest BCUT2D eigenvalue weighted by molar-refractivity contribution is 1.36. The van der Waals surface area contributed by atoms with Crippen molar-refractivity contribution in [1.29, 1.82) is 0 Å². The molecule has 9 rings (SSSR count). The van der Waals surface area contributed by atoms with Crippen LogP contribution in [0.4, 0.5) is 0 Å². The molecule has 0 spiro atoms. The minimum absolute atomic E-state index is 0.987. The summed E-state index contributed by atoms with van der Waals surface area (Å²) >= 11 is 0. The van der Waals surface area contributed by atoms with Crippen LogP contribution in [0.3, 0.4) is 0 Å². The highest BCUT2D eigenvalue weighted by Crippen LogP contribution is 2.40. The van der Waals surface area contributed by atoms with Gasteiger partial charge in [0.2, 0.25) is 0 Å². The van der Waals surface area contributed by atoms with Crippen molar-refractivity contribution in [3.8, 4) is 33.5 Å². The van der Waals surface area contributed by atoms with Gasteiger partial charge in [-0.05, 0) is 79.5 Å². The summed E-state index contributed by atoms with van der Waals surface area (Å²) in [7, 11) is 0. The maximum Gasteiger partial charge on any atom is 0.0708 e. The molecule has 7 aromatic carbocycles. The highest BCUT2D eigenvalue weighted by Gasteiger charge is 2.14. The maximum absolute atomic E-state index is 4.87. The van der Waals surface area contributed by atoms with Crippen LogP contribution in [0.25, 0.3) is 87.5 Å². The van der Waals surface area contributed by atoms with Crippen molar-refractivity contribution in [2.75, 3.05) is 0 Å². The molecular weight excluding hydrogens is 532 g/mol. The Hall–Kier alpha value is -5.86. The minimum Gasteiger partial charge on any atom is -0.256 e. The molecule has 204 valence electrons. The van der Waals surface area contributed by atoms with Crippen molar-refractivity contribution in [1.82, 2.24) is 9.97 Å². The van der Waals surface area contributed by atoms with Crippen molar-refractivity contribution in [3.05, 3.63) is 158 Å². The summed E-state index contributed by atoms with van der Waals surface area (Å²) in [5.41, 5.74) is 7.89. The number of para-hydroxylation sites is 1. The molecule has 2 nitrogen and oxygen atoms in total. The number of aromatic nitrogens is 2. The van der Waals surface area contributed by atoms with E-state index in [9.17, 15) is 0 Å². The van der Waals surface area contributed by atoms with Crippen LogP contribution in [0.2, 0.25) is 0 Å². The number of benzene rings is 7. The smallest absolute Gasteiger partial charge is 0.0708 e. The Balaban J connectivity index is 1.21. The number of pyridine rings is 2. The van der Waals surface area contributed by atoms with Crippen LogP contribution in [-0.4, -0.2) is 9.97 Å². The normalized spacial score (nSPS) is 11.6. The van der Waals surface area contributed by atoms with Gasteiger partial charge < -0.3 is 0 Å². The van der Waals surface area contributed by atoms with E-state index in [0.29, 0.717) is 0 Å². The van der Waals surface area contributed by atoms with E-state index in [4.69, 9.17) is 9.97 Å². The van der Waals surface area contributed by atoms with Gasteiger partial charge in [0.1, 0.15) is 0 Å². The van der Waals surface area contributed by atoms with Crippen molar-refractivity contribution < 1.29 is 0 Å². The van der Waals surface area contributed by atoms with Gasteiger partial charge in [-0.25, -0.2) is 0 Å². The lowest BCUT2D eigenvalue weighted by Gasteiger charge is -2.15. The van der Waals surface area contributed by atoms with Gasteiger partial charge in [-0.2, -0.15) is 0 Å². The Bertz CT molecular complexity index is 2550. The maximum atomic E-state index is 4.87. The van der Waals surface area contributed by atoms with Crippen LogP contribution in [0.5, 0.6) is 0 Å². The molecule has 0 aliphatic heterocycles. The molecule has 2 heterocycles. The number of rotatable bonds is 3. The Morgan fingerprint density at radius 2 is 1.00 bits per heavy atom. The summed E-state index contributed by atoms with van der Waals surface area (Å²) in [6, 6.07) is 52.3. The number of hydrogen-bond acceptors (Lipinski definition) is 2. The molecular formula is C42H26N2. The molecule has 0 amide bonds. The van der Waals surface area contributed by atoms with E-state index in [0.717, 1.165) is 22.2 Å². The van der Waals surface area contributed by atoms with Crippen molar-refractivity contribution in [3.63, 3.8) is 0 Å². The molecule has 0 aliphatic rings. The fourth-order valence-electron chi connectivity index (χ4n) is 6.63.